The Morgan fingerprint density at radius 1 is 1.16 bits per heavy atom. The highest BCUT2D eigenvalue weighted by Crippen LogP contribution is 2.32. The maximum absolute atomic E-state index is 12.7. The monoisotopic (exact) mass is 446 g/mol. The number of rotatable bonds is 4. The van der Waals surface area contributed by atoms with Crippen LogP contribution in [0.3, 0.4) is 0 Å². The van der Waals surface area contributed by atoms with Gasteiger partial charge in [0.25, 0.3) is 10.0 Å². The second kappa shape index (κ2) is 6.27. The Morgan fingerprint density at radius 3 is 2.56 bits per heavy atom. The molecule has 1 heterocycles. The largest absolute Gasteiger partial charge is 0.490 e. The van der Waals surface area contributed by atoms with Crippen molar-refractivity contribution in [3.8, 4) is 5.75 Å². The molecule has 0 amide bonds. The highest BCUT2D eigenvalue weighted by Gasteiger charge is 2.24. The SMILES string of the molecule is CC1Cc2cc(S(=O)(=O)Nc3cc(Br)ccc3S(N)(=O)=O)ccc2O1. The van der Waals surface area contributed by atoms with E-state index in [1.807, 2.05) is 6.92 Å². The van der Waals surface area contributed by atoms with Crippen molar-refractivity contribution in [3.05, 3.63) is 46.4 Å². The van der Waals surface area contributed by atoms with Gasteiger partial charge in [0, 0.05) is 10.9 Å². The normalized spacial score (nSPS) is 17.0. The van der Waals surface area contributed by atoms with Gasteiger partial charge in [-0.2, -0.15) is 0 Å². The number of fused-ring (bicyclic) bond motifs is 1. The molecule has 0 aromatic heterocycles. The molecule has 134 valence electrons. The summed E-state index contributed by atoms with van der Waals surface area (Å²) in [4.78, 5) is -0.290. The fraction of sp³-hybridized carbons (Fsp3) is 0.200. The number of ether oxygens (including phenoxy) is 1. The Labute approximate surface area is 154 Å². The summed E-state index contributed by atoms with van der Waals surface area (Å²) in [5.41, 5.74) is 0.665. The quantitative estimate of drug-likeness (QED) is 0.746. The summed E-state index contributed by atoms with van der Waals surface area (Å²) >= 11 is 3.19. The first-order chi connectivity index (χ1) is 11.6. The zero-order valence-electron chi connectivity index (χ0n) is 13.1. The number of primary sulfonamides is 1. The van der Waals surface area contributed by atoms with Gasteiger partial charge in [0.1, 0.15) is 16.7 Å². The van der Waals surface area contributed by atoms with Crippen LogP contribution < -0.4 is 14.6 Å². The summed E-state index contributed by atoms with van der Waals surface area (Å²) in [6.07, 6.45) is 0.595. The van der Waals surface area contributed by atoms with E-state index in [2.05, 4.69) is 20.7 Å². The van der Waals surface area contributed by atoms with Gasteiger partial charge in [0.2, 0.25) is 10.0 Å². The lowest BCUT2D eigenvalue weighted by molar-refractivity contribution is 0.254. The number of nitrogens with two attached hydrogens (primary N) is 1. The molecule has 25 heavy (non-hydrogen) atoms. The first-order valence-corrected chi connectivity index (χ1v) is 11.0. The van der Waals surface area contributed by atoms with Crippen LogP contribution >= 0.6 is 15.9 Å². The number of sulfonamides is 2. The van der Waals surface area contributed by atoms with E-state index in [-0.39, 0.29) is 21.6 Å². The molecule has 0 spiro atoms. The zero-order valence-corrected chi connectivity index (χ0v) is 16.3. The standard InChI is InChI=1S/C15H15BrN2O5S2/c1-9-6-10-7-12(3-4-14(10)23-9)25(21,22)18-13-8-11(16)2-5-15(13)24(17,19)20/h2-5,7-9,18H,6H2,1H3,(H2,17,19,20). The van der Waals surface area contributed by atoms with Crippen molar-refractivity contribution in [2.75, 3.05) is 4.72 Å². The number of benzene rings is 2. The van der Waals surface area contributed by atoms with Gasteiger partial charge < -0.3 is 4.74 Å². The van der Waals surface area contributed by atoms with E-state index in [0.717, 1.165) is 5.56 Å². The minimum Gasteiger partial charge on any atom is -0.490 e. The molecule has 7 nitrogen and oxygen atoms in total. The predicted octanol–water partition coefficient (Wildman–Crippen LogP) is 2.22. The van der Waals surface area contributed by atoms with E-state index in [1.165, 1.54) is 30.3 Å². The summed E-state index contributed by atoms with van der Waals surface area (Å²) in [5.74, 6) is 0.652. The number of halogens is 1. The van der Waals surface area contributed by atoms with Gasteiger partial charge >= 0.3 is 0 Å². The van der Waals surface area contributed by atoms with Crippen LogP contribution in [0.15, 0.2) is 50.7 Å². The molecular weight excluding hydrogens is 432 g/mol. The summed E-state index contributed by atoms with van der Waals surface area (Å²) < 4.78 is 57.1. The van der Waals surface area contributed by atoms with Gasteiger partial charge in [0.05, 0.1) is 10.6 Å². The highest BCUT2D eigenvalue weighted by molar-refractivity contribution is 9.10. The van der Waals surface area contributed by atoms with Gasteiger partial charge in [-0.1, -0.05) is 15.9 Å². The van der Waals surface area contributed by atoms with Crippen LogP contribution in [0.2, 0.25) is 0 Å². The van der Waals surface area contributed by atoms with Crippen molar-refractivity contribution in [3.63, 3.8) is 0 Å². The molecule has 0 saturated carbocycles. The third-order valence-corrected chi connectivity index (χ3v) is 6.50. The number of hydrogen-bond donors (Lipinski definition) is 2. The average Bonchev–Trinajstić information content (AvgIpc) is 2.84. The van der Waals surface area contributed by atoms with Gasteiger partial charge in [0.15, 0.2) is 0 Å². The molecule has 0 bridgehead atoms. The molecule has 0 radical (unpaired) electrons. The van der Waals surface area contributed by atoms with E-state index >= 15 is 0 Å². The van der Waals surface area contributed by atoms with Crippen molar-refractivity contribution in [2.45, 2.75) is 29.2 Å². The molecule has 1 unspecified atom stereocenters. The third kappa shape index (κ3) is 3.81. The van der Waals surface area contributed by atoms with E-state index in [4.69, 9.17) is 9.88 Å². The van der Waals surface area contributed by atoms with Crippen LogP contribution in [0.4, 0.5) is 5.69 Å². The van der Waals surface area contributed by atoms with Gasteiger partial charge in [-0.3, -0.25) is 4.72 Å². The molecule has 3 N–H and O–H groups in total. The van der Waals surface area contributed by atoms with E-state index < -0.39 is 20.0 Å². The summed E-state index contributed by atoms with van der Waals surface area (Å²) in [6, 6.07) is 8.56. The van der Waals surface area contributed by atoms with Crippen LogP contribution in [-0.4, -0.2) is 22.9 Å². The van der Waals surface area contributed by atoms with Crippen LogP contribution in [-0.2, 0) is 26.5 Å². The van der Waals surface area contributed by atoms with Crippen molar-refractivity contribution < 1.29 is 21.6 Å². The summed E-state index contributed by atoms with van der Waals surface area (Å²) in [7, 11) is -8.09. The fourth-order valence-corrected chi connectivity index (χ4v) is 4.82. The maximum Gasteiger partial charge on any atom is 0.261 e. The van der Waals surface area contributed by atoms with E-state index in [9.17, 15) is 16.8 Å². The van der Waals surface area contributed by atoms with Crippen molar-refractivity contribution in [1.29, 1.82) is 0 Å². The van der Waals surface area contributed by atoms with E-state index in [1.54, 1.807) is 6.07 Å². The molecule has 1 aliphatic rings. The first-order valence-electron chi connectivity index (χ1n) is 7.21. The summed E-state index contributed by atoms with van der Waals surface area (Å²) in [5, 5.41) is 5.16. The zero-order chi connectivity index (χ0) is 18.4. The van der Waals surface area contributed by atoms with Crippen molar-refractivity contribution in [2.24, 2.45) is 5.14 Å². The smallest absolute Gasteiger partial charge is 0.261 e. The third-order valence-electron chi connectivity index (χ3n) is 3.67. The van der Waals surface area contributed by atoms with Crippen molar-refractivity contribution in [1.82, 2.24) is 0 Å². The Bertz CT molecular complexity index is 1050. The second-order valence-electron chi connectivity index (χ2n) is 5.69. The minimum atomic E-state index is -4.09. The Balaban J connectivity index is 2.01. The van der Waals surface area contributed by atoms with Crippen LogP contribution in [0.25, 0.3) is 0 Å². The number of hydrogen-bond acceptors (Lipinski definition) is 5. The molecule has 1 aliphatic heterocycles. The molecular formula is C15H15BrN2O5S2. The lowest BCUT2D eigenvalue weighted by Gasteiger charge is -2.12. The summed E-state index contributed by atoms with van der Waals surface area (Å²) in [6.45, 7) is 1.90. The molecule has 10 heteroatoms. The molecule has 1 atom stereocenters. The lowest BCUT2D eigenvalue weighted by atomic mass is 10.1. The van der Waals surface area contributed by atoms with Gasteiger partial charge in [-0.25, -0.2) is 22.0 Å². The second-order valence-corrected chi connectivity index (χ2v) is 9.82. The Morgan fingerprint density at radius 2 is 1.88 bits per heavy atom. The Kier molecular flexibility index (Phi) is 4.56. The van der Waals surface area contributed by atoms with Gasteiger partial charge in [-0.15, -0.1) is 0 Å². The van der Waals surface area contributed by atoms with Gasteiger partial charge in [-0.05, 0) is 48.9 Å². The number of anilines is 1. The number of nitrogens with one attached hydrogen (secondary N) is 1. The fourth-order valence-electron chi connectivity index (χ4n) is 2.60. The maximum atomic E-state index is 12.7. The highest BCUT2D eigenvalue weighted by atomic mass is 79.9. The van der Waals surface area contributed by atoms with Crippen LogP contribution in [0, 0.1) is 0 Å². The van der Waals surface area contributed by atoms with Crippen molar-refractivity contribution >= 4 is 41.7 Å². The van der Waals surface area contributed by atoms with Crippen LogP contribution in [0.1, 0.15) is 12.5 Å². The lowest BCUT2D eigenvalue weighted by Crippen LogP contribution is -2.19. The molecule has 2 aromatic carbocycles. The first kappa shape index (κ1) is 18.2. The molecule has 0 saturated heterocycles. The molecule has 0 aliphatic carbocycles. The van der Waals surface area contributed by atoms with Crippen LogP contribution in [0.5, 0.6) is 5.75 Å². The topological polar surface area (TPSA) is 116 Å². The predicted molar refractivity (Wildman–Crippen MR) is 96.6 cm³/mol. The molecule has 3 rings (SSSR count). The Hall–Kier alpha value is -1.62. The minimum absolute atomic E-state index is 0.0139. The van der Waals surface area contributed by atoms with E-state index in [0.29, 0.717) is 16.6 Å². The average molecular weight is 447 g/mol. The molecule has 2 aromatic rings. The molecule has 0 fully saturated rings.